The lowest BCUT2D eigenvalue weighted by Gasteiger charge is -2.38. The Morgan fingerprint density at radius 2 is 1.83 bits per heavy atom. The van der Waals surface area contributed by atoms with Crippen molar-refractivity contribution in [3.63, 3.8) is 0 Å². The third-order valence-electron chi connectivity index (χ3n) is 6.04. The van der Waals surface area contributed by atoms with Crippen LogP contribution in [0.1, 0.15) is 51.4 Å². The smallest absolute Gasteiger partial charge is 0.232 e. The van der Waals surface area contributed by atoms with Gasteiger partial charge in [-0.05, 0) is 63.8 Å². The van der Waals surface area contributed by atoms with Gasteiger partial charge < -0.3 is 14.5 Å². The van der Waals surface area contributed by atoms with Crippen LogP contribution in [-0.2, 0) is 9.53 Å². The van der Waals surface area contributed by atoms with E-state index < -0.39 is 0 Å². The zero-order valence-corrected chi connectivity index (χ0v) is 16.1. The summed E-state index contributed by atoms with van der Waals surface area (Å²) in [6, 6.07) is 0.854. The van der Waals surface area contributed by atoms with Gasteiger partial charge in [0.25, 0.3) is 0 Å². The van der Waals surface area contributed by atoms with Gasteiger partial charge in [0.05, 0.1) is 11.9 Å². The van der Waals surface area contributed by atoms with Crippen LogP contribution in [0.25, 0.3) is 0 Å². The molecule has 0 bridgehead atoms. The minimum absolute atomic E-state index is 0.273. The van der Waals surface area contributed by atoms with E-state index >= 15 is 0 Å². The number of carbonyl (C=O) groups is 1. The highest BCUT2D eigenvalue weighted by Crippen LogP contribution is 2.28. The normalized spacial score (nSPS) is 27.0. The molecule has 1 atom stereocenters. The Balaban J connectivity index is 1.47. The maximum Gasteiger partial charge on any atom is 0.232 e. The van der Waals surface area contributed by atoms with Gasteiger partial charge in [-0.1, -0.05) is 12.8 Å². The van der Waals surface area contributed by atoms with E-state index in [0.717, 1.165) is 38.6 Å². The van der Waals surface area contributed by atoms with Gasteiger partial charge in [0, 0.05) is 25.7 Å². The molecule has 3 rings (SSSR count). The summed E-state index contributed by atoms with van der Waals surface area (Å²) in [5.41, 5.74) is 0. The van der Waals surface area contributed by atoms with Crippen LogP contribution >= 0.6 is 11.8 Å². The molecule has 3 fully saturated rings. The molecule has 24 heavy (non-hydrogen) atoms. The highest BCUT2D eigenvalue weighted by atomic mass is 32.2. The summed E-state index contributed by atoms with van der Waals surface area (Å²) in [5, 5.41) is 0. The molecule has 0 aromatic carbocycles. The van der Waals surface area contributed by atoms with E-state index in [1.807, 2.05) is 6.26 Å². The Labute approximate surface area is 151 Å². The fraction of sp³-hybridized carbons (Fsp3) is 0.947. The zero-order chi connectivity index (χ0) is 16.8. The first kappa shape index (κ1) is 18.5. The molecule has 0 aromatic heterocycles. The summed E-state index contributed by atoms with van der Waals surface area (Å²) in [5.74, 6) is 1.58. The van der Waals surface area contributed by atoms with Gasteiger partial charge in [0.1, 0.15) is 0 Å². The van der Waals surface area contributed by atoms with Crippen molar-refractivity contribution in [2.45, 2.75) is 63.5 Å². The van der Waals surface area contributed by atoms with E-state index in [1.165, 1.54) is 51.6 Å². The van der Waals surface area contributed by atoms with Crippen molar-refractivity contribution in [2.75, 3.05) is 44.8 Å². The van der Waals surface area contributed by atoms with Gasteiger partial charge >= 0.3 is 0 Å². The second-order valence-electron chi connectivity index (χ2n) is 7.78. The molecule has 1 unspecified atom stereocenters. The molecule has 2 aliphatic heterocycles. The maximum absolute atomic E-state index is 12.5. The second-order valence-corrected chi connectivity index (χ2v) is 8.65. The zero-order valence-electron chi connectivity index (χ0n) is 15.3. The molecule has 0 aromatic rings. The summed E-state index contributed by atoms with van der Waals surface area (Å²) in [7, 11) is 0. The van der Waals surface area contributed by atoms with Crippen molar-refractivity contribution in [3.05, 3.63) is 0 Å². The molecule has 3 aliphatic rings. The van der Waals surface area contributed by atoms with Crippen LogP contribution in [0, 0.1) is 5.92 Å². The first-order valence-electron chi connectivity index (χ1n) is 9.88. The van der Waals surface area contributed by atoms with Crippen molar-refractivity contribution in [1.29, 1.82) is 0 Å². The largest absolute Gasteiger partial charge is 0.376 e. The Kier molecular flexibility index (Phi) is 7.29. The Bertz CT molecular complexity index is 387. The van der Waals surface area contributed by atoms with Crippen molar-refractivity contribution in [2.24, 2.45) is 5.92 Å². The molecular weight excluding hydrogens is 320 g/mol. The lowest BCUT2D eigenvalue weighted by atomic mass is 9.94. The number of nitrogens with zero attached hydrogens (tertiary/aromatic N) is 2. The predicted molar refractivity (Wildman–Crippen MR) is 100 cm³/mol. The van der Waals surface area contributed by atoms with E-state index in [0.29, 0.717) is 17.6 Å². The first-order chi connectivity index (χ1) is 11.8. The highest BCUT2D eigenvalue weighted by Gasteiger charge is 2.30. The molecule has 4 nitrogen and oxygen atoms in total. The minimum Gasteiger partial charge on any atom is -0.376 e. The molecule has 2 saturated heterocycles. The topological polar surface area (TPSA) is 32.8 Å². The average molecular weight is 355 g/mol. The van der Waals surface area contributed by atoms with Crippen molar-refractivity contribution < 1.29 is 9.53 Å². The molecule has 1 amide bonds. The number of amides is 1. The summed E-state index contributed by atoms with van der Waals surface area (Å²) in [6.45, 7) is 5.09. The lowest BCUT2D eigenvalue weighted by Crippen LogP contribution is -2.46. The molecule has 0 radical (unpaired) electrons. The van der Waals surface area contributed by atoms with Crippen molar-refractivity contribution in [1.82, 2.24) is 9.80 Å². The number of ether oxygens (including phenoxy) is 1. The molecule has 1 saturated carbocycles. The molecule has 0 N–H and O–H groups in total. The summed E-state index contributed by atoms with van der Waals surface area (Å²) in [6.07, 6.45) is 12.7. The number of likely N-dealkylation sites (tertiary alicyclic amines) is 1. The van der Waals surface area contributed by atoms with Gasteiger partial charge in [-0.2, -0.15) is 11.8 Å². The number of piperidine rings is 1. The summed E-state index contributed by atoms with van der Waals surface area (Å²) < 4.78 is 5.78. The van der Waals surface area contributed by atoms with E-state index in [9.17, 15) is 4.79 Å². The number of rotatable bonds is 7. The van der Waals surface area contributed by atoms with Crippen LogP contribution in [0.2, 0.25) is 0 Å². The Hall–Kier alpha value is -0.260. The second kappa shape index (κ2) is 9.44. The van der Waals surface area contributed by atoms with E-state index in [4.69, 9.17) is 4.74 Å². The van der Waals surface area contributed by atoms with Crippen molar-refractivity contribution in [3.8, 4) is 0 Å². The van der Waals surface area contributed by atoms with Crippen LogP contribution in [0.3, 0.4) is 0 Å². The third kappa shape index (κ3) is 5.12. The average Bonchev–Trinajstić information content (AvgIpc) is 3.29. The lowest BCUT2D eigenvalue weighted by molar-refractivity contribution is -0.130. The van der Waals surface area contributed by atoms with Gasteiger partial charge in [0.15, 0.2) is 0 Å². The monoisotopic (exact) mass is 354 g/mol. The number of carbonyl (C=O) groups excluding carboxylic acids is 1. The van der Waals surface area contributed by atoms with Crippen LogP contribution < -0.4 is 0 Å². The molecular formula is C19H34N2O2S. The van der Waals surface area contributed by atoms with E-state index in [2.05, 4.69) is 9.80 Å². The molecule has 2 heterocycles. The van der Waals surface area contributed by atoms with Crippen molar-refractivity contribution >= 4 is 17.7 Å². The minimum atomic E-state index is 0.273. The Morgan fingerprint density at radius 3 is 2.46 bits per heavy atom. The fourth-order valence-corrected chi connectivity index (χ4v) is 5.04. The SMILES string of the molecule is CSCC(=O)N(CC1CCN(C2CCCC2)CC1)CC1CCCO1. The van der Waals surface area contributed by atoms with Crippen LogP contribution in [0.15, 0.2) is 0 Å². The number of hydrogen-bond acceptors (Lipinski definition) is 4. The third-order valence-corrected chi connectivity index (χ3v) is 6.57. The van der Waals surface area contributed by atoms with E-state index in [-0.39, 0.29) is 6.10 Å². The predicted octanol–water partition coefficient (Wildman–Crippen LogP) is 3.01. The first-order valence-corrected chi connectivity index (χ1v) is 11.3. The van der Waals surface area contributed by atoms with Gasteiger partial charge in [0.2, 0.25) is 5.91 Å². The Morgan fingerprint density at radius 1 is 1.08 bits per heavy atom. The standard InChI is InChI=1S/C19H34N2O2S/c1-24-15-19(22)21(14-18-7-4-12-23-18)13-16-8-10-20(11-9-16)17-5-2-3-6-17/h16-18H,2-15H2,1H3. The van der Waals surface area contributed by atoms with Gasteiger partial charge in [-0.3, -0.25) is 4.79 Å². The maximum atomic E-state index is 12.5. The number of thioether (sulfide) groups is 1. The summed E-state index contributed by atoms with van der Waals surface area (Å²) in [4.78, 5) is 17.4. The molecule has 0 spiro atoms. The van der Waals surface area contributed by atoms with E-state index in [1.54, 1.807) is 11.8 Å². The fourth-order valence-electron chi connectivity index (χ4n) is 4.61. The molecule has 1 aliphatic carbocycles. The molecule has 5 heteroatoms. The quantitative estimate of drug-likeness (QED) is 0.704. The summed E-state index contributed by atoms with van der Waals surface area (Å²) >= 11 is 1.63. The van der Waals surface area contributed by atoms with Crippen LogP contribution in [-0.4, -0.2) is 72.6 Å². The number of hydrogen-bond donors (Lipinski definition) is 0. The highest BCUT2D eigenvalue weighted by molar-refractivity contribution is 7.99. The van der Waals surface area contributed by atoms with Gasteiger partial charge in [-0.15, -0.1) is 0 Å². The van der Waals surface area contributed by atoms with Crippen LogP contribution in [0.4, 0.5) is 0 Å². The van der Waals surface area contributed by atoms with Crippen LogP contribution in [0.5, 0.6) is 0 Å². The van der Waals surface area contributed by atoms with Gasteiger partial charge in [-0.25, -0.2) is 0 Å². The molecule has 138 valence electrons.